The number of rotatable bonds is 1. The third-order valence-electron chi connectivity index (χ3n) is 1.70. The monoisotopic (exact) mass is 182 g/mol. The lowest BCUT2D eigenvalue weighted by atomic mass is 10.2. The van der Waals surface area contributed by atoms with Crippen LogP contribution in [-0.4, -0.2) is 5.16 Å². The zero-order chi connectivity index (χ0) is 8.55. The molecule has 1 aromatic heterocycles. The Labute approximate surface area is 74.1 Å². The maximum absolute atomic E-state index is 5.76. The molecule has 0 saturated heterocycles. The lowest BCUT2D eigenvalue weighted by Gasteiger charge is -1.89. The van der Waals surface area contributed by atoms with Gasteiger partial charge in [0.25, 0.3) is 0 Å². The van der Waals surface area contributed by atoms with Crippen LogP contribution in [0, 0.1) is 0 Å². The van der Waals surface area contributed by atoms with Gasteiger partial charge in [0.1, 0.15) is 5.52 Å². The van der Waals surface area contributed by atoms with E-state index in [-0.39, 0.29) is 0 Å². The average molecular weight is 183 g/mol. The summed E-state index contributed by atoms with van der Waals surface area (Å²) in [6.45, 7) is 0.359. The van der Waals surface area contributed by atoms with Gasteiger partial charge in [0.2, 0.25) is 0 Å². The first-order valence-corrected chi connectivity index (χ1v) is 3.93. The molecule has 4 heteroatoms. The highest BCUT2D eigenvalue weighted by molar-refractivity contribution is 6.31. The summed E-state index contributed by atoms with van der Waals surface area (Å²) >= 11 is 5.76. The highest BCUT2D eigenvalue weighted by Crippen LogP contribution is 2.21. The van der Waals surface area contributed by atoms with Crippen molar-refractivity contribution in [3.05, 3.63) is 29.0 Å². The molecule has 1 aromatic carbocycles. The summed E-state index contributed by atoms with van der Waals surface area (Å²) in [5.41, 5.74) is 6.18. The SMILES string of the molecule is NCc1onc2cc(Cl)ccc12. The lowest BCUT2D eigenvalue weighted by Crippen LogP contribution is -1.93. The van der Waals surface area contributed by atoms with Gasteiger partial charge in [0.15, 0.2) is 5.76 Å². The fourth-order valence-corrected chi connectivity index (χ4v) is 1.28. The molecule has 12 heavy (non-hydrogen) atoms. The Kier molecular flexibility index (Phi) is 1.75. The van der Waals surface area contributed by atoms with Crippen LogP contribution in [0.15, 0.2) is 22.7 Å². The van der Waals surface area contributed by atoms with Crippen LogP contribution in [0.25, 0.3) is 10.9 Å². The minimum absolute atomic E-state index is 0.359. The van der Waals surface area contributed by atoms with Crippen molar-refractivity contribution in [2.24, 2.45) is 5.73 Å². The molecule has 0 spiro atoms. The third-order valence-corrected chi connectivity index (χ3v) is 1.93. The van der Waals surface area contributed by atoms with Crippen LogP contribution in [0.4, 0.5) is 0 Å². The molecule has 62 valence electrons. The first kappa shape index (κ1) is 7.58. The molecule has 0 unspecified atom stereocenters. The zero-order valence-corrected chi connectivity index (χ0v) is 7.01. The maximum Gasteiger partial charge on any atom is 0.158 e. The standard InChI is InChI=1S/C8H7ClN2O/c9-5-1-2-6-7(3-5)11-12-8(6)4-10/h1-3H,4,10H2. The molecule has 2 aromatic rings. The van der Waals surface area contributed by atoms with E-state index in [4.69, 9.17) is 21.9 Å². The Balaban J connectivity index is 2.73. The summed E-state index contributed by atoms with van der Waals surface area (Å²) in [5, 5.41) is 5.40. The van der Waals surface area contributed by atoms with Crippen molar-refractivity contribution in [1.29, 1.82) is 0 Å². The molecule has 0 aliphatic rings. The van der Waals surface area contributed by atoms with E-state index in [9.17, 15) is 0 Å². The molecule has 2 rings (SSSR count). The Morgan fingerprint density at radius 2 is 2.33 bits per heavy atom. The van der Waals surface area contributed by atoms with Crippen LogP contribution in [0.5, 0.6) is 0 Å². The number of fused-ring (bicyclic) bond motifs is 1. The average Bonchev–Trinajstić information content (AvgIpc) is 2.46. The van der Waals surface area contributed by atoms with Gasteiger partial charge in [-0.2, -0.15) is 0 Å². The summed E-state index contributed by atoms with van der Waals surface area (Å²) < 4.78 is 4.99. The van der Waals surface area contributed by atoms with Gasteiger partial charge in [-0.1, -0.05) is 16.8 Å². The molecular weight excluding hydrogens is 176 g/mol. The normalized spacial score (nSPS) is 10.8. The van der Waals surface area contributed by atoms with Gasteiger partial charge in [-0.15, -0.1) is 0 Å². The van der Waals surface area contributed by atoms with Crippen LogP contribution >= 0.6 is 11.6 Å². The Morgan fingerprint density at radius 1 is 1.50 bits per heavy atom. The number of nitrogens with two attached hydrogens (primary N) is 1. The number of aromatic nitrogens is 1. The second kappa shape index (κ2) is 2.77. The van der Waals surface area contributed by atoms with E-state index in [2.05, 4.69) is 5.16 Å². The highest BCUT2D eigenvalue weighted by atomic mass is 35.5. The molecular formula is C8H7ClN2O. The van der Waals surface area contributed by atoms with Crippen LogP contribution in [0.2, 0.25) is 5.02 Å². The molecule has 0 aliphatic heterocycles. The largest absolute Gasteiger partial charge is 0.359 e. The third kappa shape index (κ3) is 1.07. The van der Waals surface area contributed by atoms with E-state index in [0.29, 0.717) is 17.3 Å². The summed E-state index contributed by atoms with van der Waals surface area (Å²) in [4.78, 5) is 0. The van der Waals surface area contributed by atoms with Gasteiger partial charge in [0.05, 0.1) is 6.54 Å². The van der Waals surface area contributed by atoms with Crippen molar-refractivity contribution in [3.63, 3.8) is 0 Å². The van der Waals surface area contributed by atoms with Gasteiger partial charge in [-0.3, -0.25) is 0 Å². The van der Waals surface area contributed by atoms with E-state index in [1.807, 2.05) is 6.07 Å². The highest BCUT2D eigenvalue weighted by Gasteiger charge is 2.05. The molecule has 2 N–H and O–H groups in total. The van der Waals surface area contributed by atoms with E-state index in [1.54, 1.807) is 12.1 Å². The van der Waals surface area contributed by atoms with E-state index < -0.39 is 0 Å². The molecule has 3 nitrogen and oxygen atoms in total. The Bertz CT molecular complexity index is 410. The van der Waals surface area contributed by atoms with Crippen LogP contribution in [-0.2, 0) is 6.54 Å². The van der Waals surface area contributed by atoms with Crippen molar-refractivity contribution in [2.45, 2.75) is 6.54 Å². The number of hydrogen-bond acceptors (Lipinski definition) is 3. The fourth-order valence-electron chi connectivity index (χ4n) is 1.12. The Hall–Kier alpha value is -1.06. The molecule has 0 fully saturated rings. The van der Waals surface area contributed by atoms with Crippen molar-refractivity contribution in [2.75, 3.05) is 0 Å². The number of nitrogens with zero attached hydrogens (tertiary/aromatic N) is 1. The van der Waals surface area contributed by atoms with Crippen LogP contribution in [0.3, 0.4) is 0 Å². The van der Waals surface area contributed by atoms with Gasteiger partial charge in [-0.05, 0) is 18.2 Å². The lowest BCUT2D eigenvalue weighted by molar-refractivity contribution is 0.393. The molecule has 1 heterocycles. The predicted molar refractivity (Wildman–Crippen MR) is 46.9 cm³/mol. The van der Waals surface area contributed by atoms with Crippen LogP contribution in [0.1, 0.15) is 5.76 Å². The van der Waals surface area contributed by atoms with Crippen molar-refractivity contribution in [3.8, 4) is 0 Å². The van der Waals surface area contributed by atoms with Crippen LogP contribution < -0.4 is 5.73 Å². The van der Waals surface area contributed by atoms with Crippen molar-refractivity contribution < 1.29 is 4.52 Å². The molecule has 0 bridgehead atoms. The van der Waals surface area contributed by atoms with Gasteiger partial charge in [-0.25, -0.2) is 0 Å². The number of halogens is 1. The van der Waals surface area contributed by atoms with Gasteiger partial charge in [0, 0.05) is 10.4 Å². The smallest absolute Gasteiger partial charge is 0.158 e. The minimum Gasteiger partial charge on any atom is -0.359 e. The molecule has 0 radical (unpaired) electrons. The molecule has 0 saturated carbocycles. The first-order valence-electron chi connectivity index (χ1n) is 3.55. The number of benzene rings is 1. The summed E-state index contributed by atoms with van der Waals surface area (Å²) in [6, 6.07) is 5.40. The minimum atomic E-state index is 0.359. The fraction of sp³-hybridized carbons (Fsp3) is 0.125. The second-order valence-electron chi connectivity index (χ2n) is 2.47. The topological polar surface area (TPSA) is 52.0 Å². The quantitative estimate of drug-likeness (QED) is 0.734. The van der Waals surface area contributed by atoms with E-state index in [1.165, 1.54) is 0 Å². The van der Waals surface area contributed by atoms with E-state index in [0.717, 1.165) is 10.9 Å². The van der Waals surface area contributed by atoms with Crippen molar-refractivity contribution in [1.82, 2.24) is 5.16 Å². The van der Waals surface area contributed by atoms with Crippen molar-refractivity contribution >= 4 is 22.5 Å². The van der Waals surface area contributed by atoms with Gasteiger partial charge < -0.3 is 10.3 Å². The predicted octanol–water partition coefficient (Wildman–Crippen LogP) is 1.94. The van der Waals surface area contributed by atoms with E-state index >= 15 is 0 Å². The van der Waals surface area contributed by atoms with Gasteiger partial charge >= 0.3 is 0 Å². The summed E-state index contributed by atoms with van der Waals surface area (Å²) in [7, 11) is 0. The summed E-state index contributed by atoms with van der Waals surface area (Å²) in [5.74, 6) is 0.696. The molecule has 0 aliphatic carbocycles. The molecule has 0 atom stereocenters. The second-order valence-corrected chi connectivity index (χ2v) is 2.91. The zero-order valence-electron chi connectivity index (χ0n) is 6.25. The summed E-state index contributed by atoms with van der Waals surface area (Å²) in [6.07, 6.45) is 0. The maximum atomic E-state index is 5.76. The molecule has 0 amide bonds. The Morgan fingerprint density at radius 3 is 3.08 bits per heavy atom. The first-order chi connectivity index (χ1) is 5.81. The number of hydrogen-bond donors (Lipinski definition) is 1.